The molecule has 1 aromatic carbocycles. The van der Waals surface area contributed by atoms with Gasteiger partial charge in [0.2, 0.25) is 0 Å². The molecule has 0 saturated heterocycles. The molecule has 0 spiro atoms. The van der Waals surface area contributed by atoms with Gasteiger partial charge < -0.3 is 9.84 Å². The van der Waals surface area contributed by atoms with Crippen LogP contribution in [-0.2, 0) is 26.2 Å². The van der Waals surface area contributed by atoms with Crippen molar-refractivity contribution in [2.45, 2.75) is 26.2 Å². The van der Waals surface area contributed by atoms with Crippen molar-refractivity contribution in [2.75, 3.05) is 13.7 Å². The third kappa shape index (κ3) is 2.69. The molecule has 1 aromatic heterocycles. The largest absolute Gasteiger partial charge is 0.497 e. The minimum atomic E-state index is -0.169. The third-order valence-corrected chi connectivity index (χ3v) is 3.56. The Labute approximate surface area is 119 Å². The van der Waals surface area contributed by atoms with E-state index in [-0.39, 0.29) is 6.61 Å². The van der Waals surface area contributed by atoms with E-state index in [9.17, 15) is 5.11 Å². The molecule has 0 unspecified atom stereocenters. The molecule has 5 nitrogen and oxygen atoms in total. The van der Waals surface area contributed by atoms with E-state index in [1.54, 1.807) is 7.11 Å². The molecule has 1 aliphatic heterocycles. The summed E-state index contributed by atoms with van der Waals surface area (Å²) >= 11 is 0. The highest BCUT2D eigenvalue weighted by Crippen LogP contribution is 2.18. The van der Waals surface area contributed by atoms with Gasteiger partial charge in [-0.05, 0) is 23.7 Å². The Morgan fingerprint density at radius 2 is 2.15 bits per heavy atom. The molecule has 0 fully saturated rings. The molecule has 0 aliphatic carbocycles. The number of aliphatic hydroxyl groups is 1. The fourth-order valence-corrected chi connectivity index (χ4v) is 2.49. The van der Waals surface area contributed by atoms with Crippen LogP contribution >= 0.6 is 0 Å². The van der Waals surface area contributed by atoms with Gasteiger partial charge in [-0.15, -0.1) is 0 Å². The Morgan fingerprint density at radius 3 is 2.85 bits per heavy atom. The lowest BCUT2D eigenvalue weighted by Crippen LogP contribution is -2.33. The second-order valence-electron chi connectivity index (χ2n) is 4.96. The Kier molecular flexibility index (Phi) is 3.37. The SMILES string of the molecule is [2H]c1c(CO)nn2c1CN(Cc1ccc(OC)cc1)CC2. The monoisotopic (exact) mass is 274 g/mol. The fourth-order valence-electron chi connectivity index (χ4n) is 2.49. The van der Waals surface area contributed by atoms with Gasteiger partial charge in [0.1, 0.15) is 5.75 Å². The highest BCUT2D eigenvalue weighted by Gasteiger charge is 2.18. The van der Waals surface area contributed by atoms with Crippen LogP contribution in [0, 0.1) is 0 Å². The summed E-state index contributed by atoms with van der Waals surface area (Å²) in [5, 5.41) is 13.5. The van der Waals surface area contributed by atoms with Gasteiger partial charge in [0.25, 0.3) is 0 Å². The van der Waals surface area contributed by atoms with E-state index in [1.165, 1.54) is 5.56 Å². The standard InChI is InChI=1S/C15H19N3O2/c1-20-15-4-2-12(3-5-15)9-17-6-7-18-14(10-17)8-13(11-19)16-18/h2-5,8,19H,6-7,9-11H2,1H3/i8D. The number of hydrogen-bond donors (Lipinski definition) is 1. The molecule has 0 bridgehead atoms. The summed E-state index contributed by atoms with van der Waals surface area (Å²) in [6.07, 6.45) is 0. The van der Waals surface area contributed by atoms with Crippen molar-refractivity contribution in [1.29, 1.82) is 0 Å². The maximum Gasteiger partial charge on any atom is 0.118 e. The number of rotatable bonds is 4. The molecule has 20 heavy (non-hydrogen) atoms. The van der Waals surface area contributed by atoms with Crippen molar-refractivity contribution >= 4 is 0 Å². The zero-order chi connectivity index (χ0) is 14.8. The Morgan fingerprint density at radius 1 is 1.35 bits per heavy atom. The summed E-state index contributed by atoms with van der Waals surface area (Å²) in [6, 6.07) is 8.42. The van der Waals surface area contributed by atoms with E-state index in [0.29, 0.717) is 18.3 Å². The fraction of sp³-hybridized carbons (Fsp3) is 0.400. The van der Waals surface area contributed by atoms with Gasteiger partial charge in [-0.2, -0.15) is 5.10 Å². The molecule has 2 heterocycles. The molecule has 0 atom stereocenters. The summed E-state index contributed by atoms with van der Waals surface area (Å²) in [5.74, 6) is 0.858. The molecule has 0 saturated carbocycles. The highest BCUT2D eigenvalue weighted by molar-refractivity contribution is 5.27. The summed E-state index contributed by atoms with van der Waals surface area (Å²) in [6.45, 7) is 3.01. The maximum absolute atomic E-state index is 9.20. The number of benzene rings is 1. The van der Waals surface area contributed by atoms with Gasteiger partial charge in [-0.3, -0.25) is 9.58 Å². The van der Waals surface area contributed by atoms with Crippen molar-refractivity contribution in [3.8, 4) is 5.75 Å². The minimum absolute atomic E-state index is 0.169. The average Bonchev–Trinajstić information content (AvgIpc) is 2.84. The topological polar surface area (TPSA) is 50.5 Å². The molecule has 1 aliphatic rings. The van der Waals surface area contributed by atoms with Gasteiger partial charge in [0.15, 0.2) is 0 Å². The number of aliphatic hydroxyl groups excluding tert-OH is 1. The van der Waals surface area contributed by atoms with Gasteiger partial charge in [-0.25, -0.2) is 0 Å². The summed E-state index contributed by atoms with van der Waals surface area (Å²) in [4.78, 5) is 2.29. The smallest absolute Gasteiger partial charge is 0.118 e. The van der Waals surface area contributed by atoms with E-state index in [4.69, 9.17) is 6.11 Å². The van der Waals surface area contributed by atoms with Crippen molar-refractivity contribution in [3.63, 3.8) is 0 Å². The van der Waals surface area contributed by atoms with Crippen LogP contribution in [0.3, 0.4) is 0 Å². The molecule has 106 valence electrons. The summed E-state index contributed by atoms with van der Waals surface area (Å²) < 4.78 is 15.0. The molecular formula is C15H19N3O2. The molecule has 0 radical (unpaired) electrons. The van der Waals surface area contributed by atoms with Crippen LogP contribution in [-0.4, -0.2) is 33.4 Å². The first-order valence-electron chi connectivity index (χ1n) is 7.22. The Balaban J connectivity index is 1.72. The molecular weight excluding hydrogens is 254 g/mol. The third-order valence-electron chi connectivity index (χ3n) is 3.56. The molecule has 0 amide bonds. The first kappa shape index (κ1) is 11.9. The maximum atomic E-state index is 9.20. The first-order chi connectivity index (χ1) is 10.2. The Hall–Kier alpha value is -1.85. The zero-order valence-corrected chi connectivity index (χ0v) is 11.5. The number of methoxy groups -OCH3 is 1. The van der Waals surface area contributed by atoms with Gasteiger partial charge in [0, 0.05) is 19.6 Å². The first-order valence-corrected chi connectivity index (χ1v) is 6.72. The quantitative estimate of drug-likeness (QED) is 0.915. The summed E-state index contributed by atoms with van der Waals surface area (Å²) in [5.41, 5.74) is 2.58. The van der Waals surface area contributed by atoms with Crippen LogP contribution in [0.25, 0.3) is 0 Å². The van der Waals surface area contributed by atoms with E-state index >= 15 is 0 Å². The van der Waals surface area contributed by atoms with E-state index in [1.807, 2.05) is 16.8 Å². The lowest BCUT2D eigenvalue weighted by molar-refractivity contribution is 0.204. The number of nitrogens with zero attached hydrogens (tertiary/aromatic N) is 3. The average molecular weight is 274 g/mol. The van der Waals surface area contributed by atoms with Gasteiger partial charge in [-0.1, -0.05) is 12.1 Å². The number of aromatic nitrogens is 2. The molecule has 1 N–H and O–H groups in total. The second kappa shape index (κ2) is 5.64. The second-order valence-corrected chi connectivity index (χ2v) is 4.96. The molecule has 3 rings (SSSR count). The lowest BCUT2D eigenvalue weighted by atomic mass is 10.2. The van der Waals surface area contributed by atoms with Crippen molar-refractivity contribution < 1.29 is 11.2 Å². The highest BCUT2D eigenvalue weighted by atomic mass is 16.5. The normalized spacial score (nSPS) is 15.8. The van der Waals surface area contributed by atoms with Crippen molar-refractivity contribution in [3.05, 3.63) is 47.3 Å². The number of hydrogen-bond acceptors (Lipinski definition) is 4. The Bertz CT molecular complexity index is 625. The number of fused-ring (bicyclic) bond motifs is 1. The predicted molar refractivity (Wildman–Crippen MR) is 75.3 cm³/mol. The van der Waals surface area contributed by atoms with Crippen molar-refractivity contribution in [1.82, 2.24) is 14.7 Å². The molecule has 5 heteroatoms. The van der Waals surface area contributed by atoms with E-state index in [0.717, 1.165) is 31.1 Å². The van der Waals surface area contributed by atoms with E-state index < -0.39 is 0 Å². The zero-order valence-electron chi connectivity index (χ0n) is 12.5. The van der Waals surface area contributed by atoms with Crippen LogP contribution < -0.4 is 4.74 Å². The number of ether oxygens (including phenoxy) is 1. The minimum Gasteiger partial charge on any atom is -0.497 e. The van der Waals surface area contributed by atoms with Gasteiger partial charge >= 0.3 is 0 Å². The van der Waals surface area contributed by atoms with E-state index in [2.05, 4.69) is 22.1 Å². The van der Waals surface area contributed by atoms with Crippen LogP contribution in [0.2, 0.25) is 0 Å². The van der Waals surface area contributed by atoms with Crippen LogP contribution in [0.1, 0.15) is 18.3 Å². The summed E-state index contributed by atoms with van der Waals surface area (Å²) in [7, 11) is 1.66. The lowest BCUT2D eigenvalue weighted by Gasteiger charge is -2.27. The van der Waals surface area contributed by atoms with Crippen LogP contribution in [0.4, 0.5) is 0 Å². The van der Waals surface area contributed by atoms with Crippen LogP contribution in [0.15, 0.2) is 30.3 Å². The predicted octanol–water partition coefficient (Wildman–Crippen LogP) is 1.40. The molecule has 2 aromatic rings. The van der Waals surface area contributed by atoms with Crippen LogP contribution in [0.5, 0.6) is 5.75 Å². The van der Waals surface area contributed by atoms with Crippen molar-refractivity contribution in [2.24, 2.45) is 0 Å². The van der Waals surface area contributed by atoms with Gasteiger partial charge in [0.05, 0.1) is 33.0 Å².